The van der Waals surface area contributed by atoms with Crippen LogP contribution >= 0.6 is 0 Å². The van der Waals surface area contributed by atoms with E-state index < -0.39 is 5.97 Å². The molecule has 6 heteroatoms. The largest absolute Gasteiger partial charge is 0.493 e. The molecule has 0 saturated heterocycles. The minimum Gasteiger partial charge on any atom is -0.493 e. The number of carbonyl (C=O) groups is 1. The topological polar surface area (TPSA) is 77.9 Å². The molecule has 0 amide bonds. The van der Waals surface area contributed by atoms with E-state index in [0.717, 1.165) is 22.6 Å². The standard InChI is InChI=1S/C26H29NO5/c1-18-17-23(12-10-21(18)11-14-25(28)29)30-16-15-20(3)31-24-13-9-19(2)27-26(24)32-22-7-5-4-6-8-22/h4-10,12-13,17,20H,11,14-16H2,1-3H3,(H,28,29)/t20-/m1/s1. The number of pyridine rings is 1. The van der Waals surface area contributed by atoms with Gasteiger partial charge in [0, 0.05) is 18.5 Å². The van der Waals surface area contributed by atoms with E-state index in [1.807, 2.05) is 81.4 Å². The first-order chi connectivity index (χ1) is 15.4. The molecule has 168 valence electrons. The molecule has 1 heterocycles. The number of nitrogens with zero attached hydrogens (tertiary/aromatic N) is 1. The monoisotopic (exact) mass is 435 g/mol. The summed E-state index contributed by atoms with van der Waals surface area (Å²) in [6, 6.07) is 19.0. The van der Waals surface area contributed by atoms with Gasteiger partial charge in [-0.2, -0.15) is 0 Å². The normalized spacial score (nSPS) is 11.6. The van der Waals surface area contributed by atoms with Crippen LogP contribution in [0.25, 0.3) is 0 Å². The third-order valence-electron chi connectivity index (χ3n) is 4.97. The van der Waals surface area contributed by atoms with Crippen molar-refractivity contribution in [3.63, 3.8) is 0 Å². The Morgan fingerprint density at radius 3 is 2.53 bits per heavy atom. The van der Waals surface area contributed by atoms with Crippen molar-refractivity contribution in [2.45, 2.75) is 46.1 Å². The fourth-order valence-corrected chi connectivity index (χ4v) is 3.18. The highest BCUT2D eigenvalue weighted by Crippen LogP contribution is 2.30. The molecule has 3 rings (SSSR count). The van der Waals surface area contributed by atoms with E-state index in [2.05, 4.69) is 4.98 Å². The SMILES string of the molecule is Cc1ccc(O[C@H](C)CCOc2ccc(CCC(=O)O)c(C)c2)c(Oc2ccccc2)n1. The van der Waals surface area contributed by atoms with E-state index in [1.54, 1.807) is 0 Å². The minimum absolute atomic E-state index is 0.103. The van der Waals surface area contributed by atoms with E-state index in [9.17, 15) is 4.79 Å². The lowest BCUT2D eigenvalue weighted by molar-refractivity contribution is -0.136. The molecule has 0 unspecified atom stereocenters. The van der Waals surface area contributed by atoms with Gasteiger partial charge in [0.05, 0.1) is 12.7 Å². The molecule has 3 aromatic rings. The summed E-state index contributed by atoms with van der Waals surface area (Å²) >= 11 is 0. The van der Waals surface area contributed by atoms with Gasteiger partial charge in [0.25, 0.3) is 5.88 Å². The van der Waals surface area contributed by atoms with E-state index in [0.29, 0.717) is 36.8 Å². The van der Waals surface area contributed by atoms with Crippen molar-refractivity contribution in [1.29, 1.82) is 0 Å². The van der Waals surface area contributed by atoms with Crippen LogP contribution in [0.3, 0.4) is 0 Å². The summed E-state index contributed by atoms with van der Waals surface area (Å²) in [5, 5.41) is 8.85. The Balaban J connectivity index is 1.53. The lowest BCUT2D eigenvalue weighted by atomic mass is 10.0. The quantitative estimate of drug-likeness (QED) is 0.414. The molecule has 1 atom stereocenters. The van der Waals surface area contributed by atoms with Gasteiger partial charge in [-0.15, -0.1) is 0 Å². The maximum absolute atomic E-state index is 10.8. The van der Waals surface area contributed by atoms with Crippen molar-refractivity contribution in [3.05, 3.63) is 77.5 Å². The second-order valence-corrected chi connectivity index (χ2v) is 7.72. The zero-order valence-corrected chi connectivity index (χ0v) is 18.7. The molecule has 0 fully saturated rings. The molecule has 6 nitrogen and oxygen atoms in total. The van der Waals surface area contributed by atoms with Crippen LogP contribution in [0.2, 0.25) is 0 Å². The number of carboxylic acid groups (broad SMARTS) is 1. The molecule has 0 bridgehead atoms. The highest BCUT2D eigenvalue weighted by atomic mass is 16.5. The second-order valence-electron chi connectivity index (χ2n) is 7.72. The van der Waals surface area contributed by atoms with Crippen LogP contribution in [0.1, 0.15) is 36.6 Å². The number of hydrogen-bond acceptors (Lipinski definition) is 5. The number of benzene rings is 2. The van der Waals surface area contributed by atoms with Crippen molar-refractivity contribution in [2.24, 2.45) is 0 Å². The van der Waals surface area contributed by atoms with Crippen LogP contribution in [0, 0.1) is 13.8 Å². The zero-order chi connectivity index (χ0) is 22.9. The third kappa shape index (κ3) is 7.01. The van der Waals surface area contributed by atoms with E-state index in [-0.39, 0.29) is 12.5 Å². The van der Waals surface area contributed by atoms with Gasteiger partial charge in [0.15, 0.2) is 5.75 Å². The smallest absolute Gasteiger partial charge is 0.303 e. The minimum atomic E-state index is -0.792. The van der Waals surface area contributed by atoms with Gasteiger partial charge in [0.1, 0.15) is 11.5 Å². The molecule has 0 aliphatic rings. The molecule has 32 heavy (non-hydrogen) atoms. The first kappa shape index (κ1) is 23.1. The molecule has 0 aliphatic carbocycles. The molecule has 1 N–H and O–H groups in total. The van der Waals surface area contributed by atoms with Crippen molar-refractivity contribution >= 4 is 5.97 Å². The first-order valence-corrected chi connectivity index (χ1v) is 10.7. The number of aryl methyl sites for hydroxylation is 3. The van der Waals surface area contributed by atoms with Gasteiger partial charge in [-0.05, 0) is 74.7 Å². The highest BCUT2D eigenvalue weighted by Gasteiger charge is 2.13. The maximum Gasteiger partial charge on any atom is 0.303 e. The fourth-order valence-electron chi connectivity index (χ4n) is 3.18. The Hall–Kier alpha value is -3.54. The summed E-state index contributed by atoms with van der Waals surface area (Å²) in [6.07, 6.45) is 1.22. The molecule has 0 radical (unpaired) electrons. The summed E-state index contributed by atoms with van der Waals surface area (Å²) < 4.78 is 17.9. The average molecular weight is 436 g/mol. The highest BCUT2D eigenvalue weighted by molar-refractivity contribution is 5.67. The van der Waals surface area contributed by atoms with Gasteiger partial charge in [0.2, 0.25) is 0 Å². The van der Waals surface area contributed by atoms with Crippen LogP contribution in [0.4, 0.5) is 0 Å². The fraction of sp³-hybridized carbons (Fsp3) is 0.308. The molecular formula is C26H29NO5. The molecule has 0 saturated carbocycles. The predicted molar refractivity (Wildman–Crippen MR) is 123 cm³/mol. The number of rotatable bonds is 11. The van der Waals surface area contributed by atoms with E-state index in [4.69, 9.17) is 19.3 Å². The van der Waals surface area contributed by atoms with Crippen molar-refractivity contribution in [3.8, 4) is 23.1 Å². The first-order valence-electron chi connectivity index (χ1n) is 10.7. The van der Waals surface area contributed by atoms with Crippen LogP contribution in [-0.4, -0.2) is 28.8 Å². The lowest BCUT2D eigenvalue weighted by Crippen LogP contribution is -2.16. The average Bonchev–Trinajstić information content (AvgIpc) is 2.76. The molecule has 0 spiro atoms. The van der Waals surface area contributed by atoms with E-state index in [1.165, 1.54) is 0 Å². The predicted octanol–water partition coefficient (Wildman–Crippen LogP) is 5.74. The Morgan fingerprint density at radius 2 is 1.81 bits per heavy atom. The van der Waals surface area contributed by atoms with Crippen molar-refractivity contribution in [1.82, 2.24) is 4.98 Å². The van der Waals surface area contributed by atoms with Crippen molar-refractivity contribution in [2.75, 3.05) is 6.61 Å². The molecular weight excluding hydrogens is 406 g/mol. The maximum atomic E-state index is 10.8. The molecule has 2 aromatic carbocycles. The van der Waals surface area contributed by atoms with Gasteiger partial charge in [-0.25, -0.2) is 4.98 Å². The van der Waals surface area contributed by atoms with Crippen molar-refractivity contribution < 1.29 is 24.1 Å². The number of hydrogen-bond donors (Lipinski definition) is 1. The molecule has 0 aliphatic heterocycles. The molecule has 1 aromatic heterocycles. The summed E-state index contributed by atoms with van der Waals surface area (Å²) in [5.41, 5.74) is 2.90. The second kappa shape index (κ2) is 11.2. The van der Waals surface area contributed by atoms with Gasteiger partial charge >= 0.3 is 5.97 Å². The third-order valence-corrected chi connectivity index (χ3v) is 4.97. The van der Waals surface area contributed by atoms with Crippen LogP contribution in [0.5, 0.6) is 23.1 Å². The number of aliphatic carboxylic acids is 1. The zero-order valence-electron chi connectivity index (χ0n) is 18.7. The number of para-hydroxylation sites is 1. The number of ether oxygens (including phenoxy) is 3. The van der Waals surface area contributed by atoms with Gasteiger partial charge in [-0.3, -0.25) is 4.79 Å². The summed E-state index contributed by atoms with van der Waals surface area (Å²) in [5.74, 6) is 1.70. The Morgan fingerprint density at radius 1 is 1.03 bits per heavy atom. The Bertz CT molecular complexity index is 1040. The summed E-state index contributed by atoms with van der Waals surface area (Å²) in [6.45, 7) is 6.35. The van der Waals surface area contributed by atoms with Gasteiger partial charge in [-0.1, -0.05) is 24.3 Å². The summed E-state index contributed by atoms with van der Waals surface area (Å²) in [7, 11) is 0. The number of carboxylic acids is 1. The Kier molecular flexibility index (Phi) is 8.08. The Labute approximate surface area is 188 Å². The van der Waals surface area contributed by atoms with E-state index >= 15 is 0 Å². The van der Waals surface area contributed by atoms with Crippen LogP contribution in [0.15, 0.2) is 60.7 Å². The van der Waals surface area contributed by atoms with Crippen LogP contribution < -0.4 is 14.2 Å². The van der Waals surface area contributed by atoms with Gasteiger partial charge < -0.3 is 19.3 Å². The lowest BCUT2D eigenvalue weighted by Gasteiger charge is -2.18. The summed E-state index contributed by atoms with van der Waals surface area (Å²) in [4.78, 5) is 15.2. The van der Waals surface area contributed by atoms with Crippen LogP contribution in [-0.2, 0) is 11.2 Å². The number of aromatic nitrogens is 1.